The van der Waals surface area contributed by atoms with Gasteiger partial charge in [0, 0.05) is 11.0 Å². The lowest BCUT2D eigenvalue weighted by atomic mass is 9.79. The number of carbonyl (C=O) groups is 1. The summed E-state index contributed by atoms with van der Waals surface area (Å²) in [6.07, 6.45) is 4.87. The number of hydrogen-bond donors (Lipinski definition) is 1. The van der Waals surface area contributed by atoms with Crippen LogP contribution < -0.4 is 0 Å². The van der Waals surface area contributed by atoms with Crippen molar-refractivity contribution in [3.8, 4) is 0 Å². The molecule has 74 valence electrons. The zero-order chi connectivity index (χ0) is 9.97. The van der Waals surface area contributed by atoms with Crippen LogP contribution in [0.5, 0.6) is 0 Å². The van der Waals surface area contributed by atoms with Gasteiger partial charge in [-0.3, -0.25) is 0 Å². The second-order valence-electron chi connectivity index (χ2n) is 3.54. The Morgan fingerprint density at radius 2 is 2.36 bits per heavy atom. The van der Waals surface area contributed by atoms with Gasteiger partial charge in [-0.1, -0.05) is 12.5 Å². The van der Waals surface area contributed by atoms with Gasteiger partial charge in [-0.15, -0.1) is 11.3 Å². The molecule has 3 heteroatoms. The highest BCUT2D eigenvalue weighted by molar-refractivity contribution is 7.11. The first-order valence-electron chi connectivity index (χ1n) is 4.76. The van der Waals surface area contributed by atoms with Crippen molar-refractivity contribution in [1.29, 1.82) is 0 Å². The third kappa shape index (κ3) is 1.87. The van der Waals surface area contributed by atoms with Crippen LogP contribution in [0.1, 0.15) is 24.1 Å². The van der Waals surface area contributed by atoms with Crippen molar-refractivity contribution >= 4 is 22.9 Å². The normalized spacial score (nSPS) is 17.9. The minimum absolute atomic E-state index is 0.477. The third-order valence-corrected chi connectivity index (χ3v) is 3.55. The lowest BCUT2D eigenvalue weighted by molar-refractivity contribution is -0.131. The molecule has 1 aromatic heterocycles. The fraction of sp³-hybridized carbons (Fsp3) is 0.364. The summed E-state index contributed by atoms with van der Waals surface area (Å²) in [5.41, 5.74) is 1.01. The van der Waals surface area contributed by atoms with E-state index in [-0.39, 0.29) is 0 Å². The molecule has 0 amide bonds. The highest BCUT2D eigenvalue weighted by atomic mass is 32.1. The maximum atomic E-state index is 10.7. The van der Waals surface area contributed by atoms with Gasteiger partial charge in [-0.05, 0) is 35.8 Å². The van der Waals surface area contributed by atoms with Gasteiger partial charge in [-0.25, -0.2) is 4.79 Å². The largest absolute Gasteiger partial charge is 0.478 e. The van der Waals surface area contributed by atoms with Crippen LogP contribution in [0, 0.1) is 5.92 Å². The average molecular weight is 208 g/mol. The van der Waals surface area contributed by atoms with Crippen LogP contribution in [0.2, 0.25) is 0 Å². The number of allylic oxidation sites excluding steroid dienone is 1. The Hall–Kier alpha value is -1.09. The van der Waals surface area contributed by atoms with Crippen LogP contribution in [0.3, 0.4) is 0 Å². The van der Waals surface area contributed by atoms with E-state index in [2.05, 4.69) is 0 Å². The molecular formula is C11H12O2S. The Morgan fingerprint density at radius 3 is 2.79 bits per heavy atom. The molecule has 0 aromatic carbocycles. The quantitative estimate of drug-likeness (QED) is 0.775. The first-order valence-corrected chi connectivity index (χ1v) is 5.64. The van der Waals surface area contributed by atoms with Gasteiger partial charge in [0.05, 0.1) is 0 Å². The lowest BCUT2D eigenvalue weighted by Crippen LogP contribution is -2.13. The topological polar surface area (TPSA) is 37.3 Å². The van der Waals surface area contributed by atoms with Crippen LogP contribution in [0.15, 0.2) is 23.6 Å². The molecule has 0 saturated heterocycles. The minimum atomic E-state index is -0.833. The summed E-state index contributed by atoms with van der Waals surface area (Å²) in [7, 11) is 0. The molecule has 0 aliphatic heterocycles. The molecule has 0 spiro atoms. The summed E-state index contributed by atoms with van der Waals surface area (Å²) in [4.78, 5) is 11.8. The number of thiophene rings is 1. The Balaban J connectivity index is 2.26. The van der Waals surface area contributed by atoms with Crippen molar-refractivity contribution in [3.63, 3.8) is 0 Å². The molecular weight excluding hydrogens is 196 g/mol. The standard InChI is InChI=1S/C11H12O2S/c12-11(13)7-9(8-3-1-4-8)10-5-2-6-14-10/h2,5-8H,1,3-4H2,(H,12,13)/b9-7+. The van der Waals surface area contributed by atoms with Crippen molar-refractivity contribution in [1.82, 2.24) is 0 Å². The van der Waals surface area contributed by atoms with E-state index in [4.69, 9.17) is 5.11 Å². The average Bonchev–Trinajstić information content (AvgIpc) is 2.49. The summed E-state index contributed by atoms with van der Waals surface area (Å²) in [5.74, 6) is -0.356. The first-order chi connectivity index (χ1) is 6.77. The smallest absolute Gasteiger partial charge is 0.328 e. The number of rotatable bonds is 3. The summed E-state index contributed by atoms with van der Waals surface area (Å²) in [5, 5.41) is 10.8. The number of carboxylic acid groups (broad SMARTS) is 1. The molecule has 2 rings (SSSR count). The zero-order valence-electron chi connectivity index (χ0n) is 7.77. The maximum Gasteiger partial charge on any atom is 0.328 e. The SMILES string of the molecule is O=C(O)/C=C(/c1cccs1)C1CCC1. The van der Waals surface area contributed by atoms with Crippen LogP contribution in [0.4, 0.5) is 0 Å². The van der Waals surface area contributed by atoms with Gasteiger partial charge >= 0.3 is 5.97 Å². The van der Waals surface area contributed by atoms with E-state index in [9.17, 15) is 4.79 Å². The Bertz CT molecular complexity index is 347. The van der Waals surface area contributed by atoms with E-state index in [0.717, 1.165) is 23.3 Å². The monoisotopic (exact) mass is 208 g/mol. The maximum absolute atomic E-state index is 10.7. The van der Waals surface area contributed by atoms with E-state index >= 15 is 0 Å². The Labute approximate surface area is 86.9 Å². The minimum Gasteiger partial charge on any atom is -0.478 e. The van der Waals surface area contributed by atoms with Crippen LogP contribution >= 0.6 is 11.3 Å². The molecule has 1 aromatic rings. The number of hydrogen-bond acceptors (Lipinski definition) is 2. The summed E-state index contributed by atoms with van der Waals surface area (Å²) in [6.45, 7) is 0. The molecule has 1 heterocycles. The highest BCUT2D eigenvalue weighted by Crippen LogP contribution is 2.39. The van der Waals surface area contributed by atoms with Crippen molar-refractivity contribution in [2.75, 3.05) is 0 Å². The van der Waals surface area contributed by atoms with Gasteiger partial charge < -0.3 is 5.11 Å². The van der Waals surface area contributed by atoms with E-state index < -0.39 is 5.97 Å². The van der Waals surface area contributed by atoms with Crippen LogP contribution in [0.25, 0.3) is 5.57 Å². The molecule has 1 saturated carbocycles. The van der Waals surface area contributed by atoms with Crippen molar-refractivity contribution in [3.05, 3.63) is 28.5 Å². The summed E-state index contributed by atoms with van der Waals surface area (Å²) in [6, 6.07) is 3.96. The van der Waals surface area contributed by atoms with Crippen molar-refractivity contribution < 1.29 is 9.90 Å². The van der Waals surface area contributed by atoms with Crippen LogP contribution in [-0.2, 0) is 4.79 Å². The second kappa shape index (κ2) is 3.96. The van der Waals surface area contributed by atoms with Crippen molar-refractivity contribution in [2.24, 2.45) is 5.92 Å². The van der Waals surface area contributed by atoms with E-state index in [1.165, 1.54) is 12.5 Å². The highest BCUT2D eigenvalue weighted by Gasteiger charge is 2.24. The lowest BCUT2D eigenvalue weighted by Gasteiger charge is -2.27. The fourth-order valence-electron chi connectivity index (χ4n) is 1.69. The van der Waals surface area contributed by atoms with Gasteiger partial charge in [-0.2, -0.15) is 0 Å². The van der Waals surface area contributed by atoms with E-state index in [1.54, 1.807) is 11.3 Å². The Morgan fingerprint density at radius 1 is 1.57 bits per heavy atom. The van der Waals surface area contributed by atoms with Gasteiger partial charge in [0.1, 0.15) is 0 Å². The predicted octanol–water partition coefficient (Wildman–Crippen LogP) is 3.02. The fourth-order valence-corrected chi connectivity index (χ4v) is 2.51. The van der Waals surface area contributed by atoms with Gasteiger partial charge in [0.2, 0.25) is 0 Å². The predicted molar refractivity (Wildman–Crippen MR) is 57.3 cm³/mol. The summed E-state index contributed by atoms with van der Waals surface area (Å²) >= 11 is 1.62. The van der Waals surface area contributed by atoms with Gasteiger partial charge in [0.25, 0.3) is 0 Å². The van der Waals surface area contributed by atoms with Gasteiger partial charge in [0.15, 0.2) is 0 Å². The second-order valence-corrected chi connectivity index (χ2v) is 4.49. The first kappa shape index (κ1) is 9.46. The molecule has 1 N–H and O–H groups in total. The molecule has 1 aliphatic rings. The Kier molecular flexibility index (Phi) is 2.68. The molecule has 2 nitrogen and oxygen atoms in total. The third-order valence-electron chi connectivity index (χ3n) is 2.63. The molecule has 14 heavy (non-hydrogen) atoms. The zero-order valence-corrected chi connectivity index (χ0v) is 8.59. The number of aliphatic carboxylic acids is 1. The van der Waals surface area contributed by atoms with E-state index in [1.807, 2.05) is 17.5 Å². The molecule has 1 aliphatic carbocycles. The molecule has 0 unspecified atom stereocenters. The van der Waals surface area contributed by atoms with Crippen molar-refractivity contribution in [2.45, 2.75) is 19.3 Å². The summed E-state index contributed by atoms with van der Waals surface area (Å²) < 4.78 is 0. The van der Waals surface area contributed by atoms with E-state index in [0.29, 0.717) is 5.92 Å². The molecule has 0 radical (unpaired) electrons. The molecule has 1 fully saturated rings. The molecule has 0 bridgehead atoms. The molecule has 0 atom stereocenters. The number of carboxylic acids is 1. The van der Waals surface area contributed by atoms with Crippen LogP contribution in [-0.4, -0.2) is 11.1 Å².